The first-order chi connectivity index (χ1) is 18.0. The van der Waals surface area contributed by atoms with Crippen molar-refractivity contribution in [3.63, 3.8) is 0 Å². The van der Waals surface area contributed by atoms with Crippen LogP contribution in [0.1, 0.15) is 223 Å². The van der Waals surface area contributed by atoms with Crippen LogP contribution in [0.25, 0.3) is 0 Å². The van der Waals surface area contributed by atoms with Crippen molar-refractivity contribution in [3.8, 4) is 0 Å². The molecular weight excluding hydrogens is 456 g/mol. The van der Waals surface area contributed by atoms with Crippen LogP contribution < -0.4 is 0 Å². The summed E-state index contributed by atoms with van der Waals surface area (Å²) >= 11 is 0. The highest BCUT2D eigenvalue weighted by atomic mass is 14.5. The van der Waals surface area contributed by atoms with Gasteiger partial charge < -0.3 is 0 Å². The zero-order chi connectivity index (χ0) is 28.8. The van der Waals surface area contributed by atoms with Gasteiger partial charge in [0.2, 0.25) is 0 Å². The predicted octanol–water partition coefficient (Wildman–Crippen LogP) is 14.5. The minimum Gasteiger partial charge on any atom is -0.0654 e. The molecule has 0 aliphatic rings. The van der Waals surface area contributed by atoms with Gasteiger partial charge in [0.1, 0.15) is 0 Å². The molecule has 0 heteroatoms. The van der Waals surface area contributed by atoms with E-state index in [0.717, 1.165) is 5.92 Å². The molecule has 0 aromatic carbocycles. The molecule has 0 amide bonds. The van der Waals surface area contributed by atoms with E-state index >= 15 is 0 Å². The highest BCUT2D eigenvalue weighted by Gasteiger charge is 2.47. The highest BCUT2D eigenvalue weighted by Crippen LogP contribution is 2.55. The maximum absolute atomic E-state index is 2.52. The first kappa shape index (κ1) is 38.0. The van der Waals surface area contributed by atoms with Crippen LogP contribution in [0.4, 0.5) is 0 Å². The Morgan fingerprint density at radius 3 is 0.842 bits per heavy atom. The van der Waals surface area contributed by atoms with Gasteiger partial charge in [0.15, 0.2) is 0 Å². The van der Waals surface area contributed by atoms with Gasteiger partial charge in [-0.2, -0.15) is 0 Å². The van der Waals surface area contributed by atoms with E-state index in [9.17, 15) is 0 Å². The molecule has 0 aromatic heterocycles. The van der Waals surface area contributed by atoms with E-state index in [1.54, 1.807) is 0 Å². The third kappa shape index (κ3) is 17.6. The Kier molecular flexibility index (Phi) is 22.7. The molecule has 0 spiro atoms. The third-order valence-corrected chi connectivity index (χ3v) is 11.2. The summed E-state index contributed by atoms with van der Waals surface area (Å²) in [6.45, 7) is 22.1. The summed E-state index contributed by atoms with van der Waals surface area (Å²) in [6, 6.07) is 0. The second kappa shape index (κ2) is 22.7. The van der Waals surface area contributed by atoms with Crippen molar-refractivity contribution in [1.29, 1.82) is 0 Å². The van der Waals surface area contributed by atoms with E-state index in [2.05, 4.69) is 62.3 Å². The fraction of sp³-hybridized carbons (Fsp3) is 1.00. The van der Waals surface area contributed by atoms with Crippen LogP contribution in [0.2, 0.25) is 0 Å². The van der Waals surface area contributed by atoms with E-state index in [1.807, 2.05) is 0 Å². The number of hydrogen-bond donors (Lipinski definition) is 0. The molecule has 1 atom stereocenters. The molecule has 0 aromatic rings. The van der Waals surface area contributed by atoms with Gasteiger partial charge in [0, 0.05) is 0 Å². The van der Waals surface area contributed by atoms with Crippen molar-refractivity contribution in [1.82, 2.24) is 0 Å². The highest BCUT2D eigenvalue weighted by molar-refractivity contribution is 4.96. The lowest BCUT2D eigenvalue weighted by Crippen LogP contribution is -2.46. The van der Waals surface area contributed by atoms with Gasteiger partial charge in [0.25, 0.3) is 0 Å². The monoisotopic (exact) mass is 535 g/mol. The average Bonchev–Trinajstić information content (AvgIpc) is 2.85. The molecule has 0 rings (SSSR count). The van der Waals surface area contributed by atoms with Gasteiger partial charge >= 0.3 is 0 Å². The molecule has 0 aliphatic carbocycles. The molecule has 0 nitrogen and oxygen atoms in total. The fourth-order valence-corrected chi connectivity index (χ4v) is 6.36. The largest absolute Gasteiger partial charge is 0.0654 e. The molecule has 0 bridgehead atoms. The van der Waals surface area contributed by atoms with Crippen LogP contribution >= 0.6 is 0 Å². The van der Waals surface area contributed by atoms with E-state index < -0.39 is 0 Å². The zero-order valence-corrected chi connectivity index (χ0v) is 28.8. The van der Waals surface area contributed by atoms with Gasteiger partial charge in [-0.15, -0.1) is 0 Å². The minimum absolute atomic E-state index is 0.339. The van der Waals surface area contributed by atoms with E-state index in [4.69, 9.17) is 0 Å². The molecule has 0 aliphatic heterocycles. The van der Waals surface area contributed by atoms with E-state index in [0.29, 0.717) is 16.2 Å². The molecule has 0 heterocycles. The van der Waals surface area contributed by atoms with E-state index in [-0.39, 0.29) is 0 Å². The summed E-state index contributed by atoms with van der Waals surface area (Å²) in [4.78, 5) is 0. The van der Waals surface area contributed by atoms with Crippen LogP contribution in [0.3, 0.4) is 0 Å². The predicted molar refractivity (Wildman–Crippen MR) is 177 cm³/mol. The lowest BCUT2D eigenvalue weighted by molar-refractivity contribution is -0.0466. The molecule has 0 fully saturated rings. The third-order valence-electron chi connectivity index (χ3n) is 11.2. The number of unbranched alkanes of at least 4 members (excludes halogenated alkanes) is 23. The first-order valence-electron chi connectivity index (χ1n) is 18.0. The van der Waals surface area contributed by atoms with Gasteiger partial charge in [-0.3, -0.25) is 0 Å². The molecule has 38 heavy (non-hydrogen) atoms. The molecule has 0 N–H and O–H groups in total. The van der Waals surface area contributed by atoms with Crippen molar-refractivity contribution in [2.75, 3.05) is 0 Å². The van der Waals surface area contributed by atoms with Crippen LogP contribution in [0.15, 0.2) is 0 Å². The number of rotatable bonds is 27. The quantitative estimate of drug-likeness (QED) is 0.0919. The van der Waals surface area contributed by atoms with Crippen molar-refractivity contribution >= 4 is 0 Å². The summed E-state index contributed by atoms with van der Waals surface area (Å²) < 4.78 is 0. The Morgan fingerprint density at radius 1 is 0.368 bits per heavy atom. The lowest BCUT2D eigenvalue weighted by Gasteiger charge is -2.54. The molecule has 0 saturated carbocycles. The van der Waals surface area contributed by atoms with Crippen molar-refractivity contribution in [3.05, 3.63) is 0 Å². The number of hydrogen-bond acceptors (Lipinski definition) is 0. The normalized spacial score (nSPS) is 13.8. The second-order valence-corrected chi connectivity index (χ2v) is 15.4. The second-order valence-electron chi connectivity index (χ2n) is 15.4. The Labute approximate surface area is 244 Å². The topological polar surface area (TPSA) is 0 Å². The lowest BCUT2D eigenvalue weighted by atomic mass is 9.51. The minimum atomic E-state index is 0.339. The molecule has 0 radical (unpaired) electrons. The average molecular weight is 535 g/mol. The smallest absolute Gasteiger partial charge is 0.0252 e. The van der Waals surface area contributed by atoms with Gasteiger partial charge in [-0.25, -0.2) is 0 Å². The Morgan fingerprint density at radius 2 is 0.605 bits per heavy atom. The van der Waals surface area contributed by atoms with Crippen LogP contribution in [0, 0.1) is 22.2 Å². The van der Waals surface area contributed by atoms with Crippen molar-refractivity contribution in [2.45, 2.75) is 223 Å². The molecule has 1 unspecified atom stereocenters. The van der Waals surface area contributed by atoms with Crippen LogP contribution in [0.5, 0.6) is 0 Å². The van der Waals surface area contributed by atoms with Crippen LogP contribution in [-0.4, -0.2) is 0 Å². The summed E-state index contributed by atoms with van der Waals surface area (Å²) in [6.07, 6.45) is 36.7. The zero-order valence-electron chi connectivity index (χ0n) is 28.8. The van der Waals surface area contributed by atoms with E-state index in [1.165, 1.54) is 161 Å². The van der Waals surface area contributed by atoms with Crippen LogP contribution in [-0.2, 0) is 0 Å². The van der Waals surface area contributed by atoms with Gasteiger partial charge in [-0.1, -0.05) is 223 Å². The molecule has 230 valence electrons. The molecule has 0 saturated heterocycles. The summed E-state index contributed by atoms with van der Waals surface area (Å²) in [5.74, 6) is 0.788. The Bertz CT molecular complexity index is 491. The van der Waals surface area contributed by atoms with Gasteiger partial charge in [0.05, 0.1) is 0 Å². The Hall–Kier alpha value is 0. The maximum atomic E-state index is 2.52. The van der Waals surface area contributed by atoms with Crippen molar-refractivity contribution in [2.24, 2.45) is 22.2 Å². The first-order valence-corrected chi connectivity index (χ1v) is 18.0. The SMILES string of the molecule is CCCCCCCCCCCCCCCCCCCCCCCCCCC(C)C(C)(C)C(C)(C)C(C)(C)C. The summed E-state index contributed by atoms with van der Waals surface area (Å²) in [5.41, 5.74) is 1.06. The van der Waals surface area contributed by atoms with Gasteiger partial charge in [-0.05, 0) is 22.2 Å². The maximum Gasteiger partial charge on any atom is -0.0252 e. The fourth-order valence-electron chi connectivity index (χ4n) is 6.36. The van der Waals surface area contributed by atoms with Crippen molar-refractivity contribution < 1.29 is 0 Å². The Balaban J connectivity index is 3.40. The standard InChI is InChI=1S/C38H78/c1-10-11-12-13-14-15-16-17-18-19-20-21-22-23-24-25-26-27-28-29-30-31-32-33-34-35(2)37(6,7)38(8,9)36(3,4)5/h35H,10-34H2,1-9H3. The molecular formula is C38H78. The summed E-state index contributed by atoms with van der Waals surface area (Å²) in [7, 11) is 0. The summed E-state index contributed by atoms with van der Waals surface area (Å²) in [5, 5.41) is 0.